The maximum Gasteiger partial charge on any atom is 0.255 e. The topological polar surface area (TPSA) is 39.1 Å². The Balaban J connectivity index is 2.16. The van der Waals surface area contributed by atoms with E-state index >= 15 is 0 Å². The molecule has 0 bridgehead atoms. The Morgan fingerprint density at radius 2 is 1.89 bits per heavy atom. The lowest BCUT2D eigenvalue weighted by atomic mass is 10.2. The zero-order valence-corrected chi connectivity index (χ0v) is 9.42. The van der Waals surface area contributed by atoms with Gasteiger partial charge in [0, 0.05) is 12.3 Å². The van der Waals surface area contributed by atoms with E-state index in [1.54, 1.807) is 30.3 Å². The van der Waals surface area contributed by atoms with Gasteiger partial charge in [-0.25, -0.2) is 4.39 Å². The summed E-state index contributed by atoms with van der Waals surface area (Å²) in [6.45, 7) is 0. The van der Waals surface area contributed by atoms with Crippen molar-refractivity contribution in [3.63, 3.8) is 0 Å². The zero-order chi connectivity index (χ0) is 13.0. The van der Waals surface area contributed by atoms with Gasteiger partial charge in [-0.3, -0.25) is 14.2 Å². The van der Waals surface area contributed by atoms with Crippen LogP contribution in [0.5, 0.6) is 0 Å². The van der Waals surface area contributed by atoms with Gasteiger partial charge in [0.15, 0.2) is 6.29 Å². The molecular formula is C14H10FNO2. The number of hydrogen-bond donors (Lipinski definition) is 0. The molecule has 0 fully saturated rings. The molecule has 1 heterocycles. The first-order chi connectivity index (χ1) is 8.70. The zero-order valence-electron chi connectivity index (χ0n) is 9.42. The third-order valence-corrected chi connectivity index (χ3v) is 2.43. The average molecular weight is 243 g/mol. The molecule has 18 heavy (non-hydrogen) atoms. The van der Waals surface area contributed by atoms with E-state index in [9.17, 15) is 14.0 Å². The SMILES string of the molecule is O=Cc1cccn1C(=O)/C=C/c1ccc(F)cc1. The summed E-state index contributed by atoms with van der Waals surface area (Å²) in [5.41, 5.74) is 1.01. The molecule has 0 aliphatic heterocycles. The van der Waals surface area contributed by atoms with Crippen LogP contribution in [0.1, 0.15) is 20.8 Å². The van der Waals surface area contributed by atoms with Crippen LogP contribution in [0, 0.1) is 5.82 Å². The fourth-order valence-corrected chi connectivity index (χ4v) is 1.51. The van der Waals surface area contributed by atoms with E-state index in [4.69, 9.17) is 0 Å². The molecule has 0 aliphatic carbocycles. The Morgan fingerprint density at radius 1 is 1.17 bits per heavy atom. The molecule has 0 saturated heterocycles. The summed E-state index contributed by atoms with van der Waals surface area (Å²) in [7, 11) is 0. The normalized spacial score (nSPS) is 10.7. The highest BCUT2D eigenvalue weighted by atomic mass is 19.1. The Labute approximate surface area is 103 Å². The molecule has 0 unspecified atom stereocenters. The molecule has 2 rings (SSSR count). The van der Waals surface area contributed by atoms with Crippen molar-refractivity contribution >= 4 is 18.3 Å². The summed E-state index contributed by atoms with van der Waals surface area (Å²) >= 11 is 0. The molecular weight excluding hydrogens is 233 g/mol. The Bertz CT molecular complexity index is 597. The van der Waals surface area contributed by atoms with Crippen molar-refractivity contribution in [2.75, 3.05) is 0 Å². The van der Waals surface area contributed by atoms with Crippen LogP contribution in [-0.4, -0.2) is 16.8 Å². The number of nitrogens with zero attached hydrogens (tertiary/aromatic N) is 1. The van der Waals surface area contributed by atoms with E-state index in [0.29, 0.717) is 17.5 Å². The van der Waals surface area contributed by atoms with Crippen molar-refractivity contribution in [1.29, 1.82) is 0 Å². The smallest absolute Gasteiger partial charge is 0.255 e. The van der Waals surface area contributed by atoms with Gasteiger partial charge in [0.25, 0.3) is 5.91 Å². The lowest BCUT2D eigenvalue weighted by molar-refractivity contribution is 0.0956. The maximum atomic E-state index is 12.7. The van der Waals surface area contributed by atoms with Gasteiger partial charge in [0.1, 0.15) is 5.82 Å². The predicted molar refractivity (Wildman–Crippen MR) is 65.9 cm³/mol. The second-order valence-corrected chi connectivity index (χ2v) is 3.64. The number of allylic oxidation sites excluding steroid dienone is 1. The van der Waals surface area contributed by atoms with E-state index in [1.165, 1.54) is 29.0 Å². The van der Waals surface area contributed by atoms with Crippen LogP contribution in [0.4, 0.5) is 4.39 Å². The van der Waals surface area contributed by atoms with Crippen molar-refractivity contribution in [2.45, 2.75) is 0 Å². The molecule has 0 saturated carbocycles. The van der Waals surface area contributed by atoms with Crippen LogP contribution in [0.2, 0.25) is 0 Å². The fourth-order valence-electron chi connectivity index (χ4n) is 1.51. The number of aromatic nitrogens is 1. The number of benzene rings is 1. The number of carbonyl (C=O) groups is 2. The number of carbonyl (C=O) groups excluding carboxylic acids is 2. The molecule has 0 atom stereocenters. The highest BCUT2D eigenvalue weighted by Crippen LogP contribution is 2.06. The molecule has 0 aliphatic rings. The highest BCUT2D eigenvalue weighted by Gasteiger charge is 2.04. The van der Waals surface area contributed by atoms with Crippen molar-refractivity contribution in [3.05, 3.63) is 65.7 Å². The fraction of sp³-hybridized carbons (Fsp3) is 0. The van der Waals surface area contributed by atoms with Gasteiger partial charge in [-0.2, -0.15) is 0 Å². The molecule has 4 heteroatoms. The van der Waals surface area contributed by atoms with Gasteiger partial charge < -0.3 is 0 Å². The predicted octanol–water partition coefficient (Wildman–Crippen LogP) is 2.79. The first kappa shape index (κ1) is 12.0. The first-order valence-corrected chi connectivity index (χ1v) is 5.31. The van der Waals surface area contributed by atoms with Crippen molar-refractivity contribution in [2.24, 2.45) is 0 Å². The summed E-state index contributed by atoms with van der Waals surface area (Å²) in [4.78, 5) is 22.4. The number of halogens is 1. The minimum absolute atomic E-state index is 0.295. The van der Waals surface area contributed by atoms with Gasteiger partial charge >= 0.3 is 0 Å². The van der Waals surface area contributed by atoms with Gasteiger partial charge in [0.2, 0.25) is 0 Å². The van der Waals surface area contributed by atoms with E-state index in [0.717, 1.165) is 0 Å². The second kappa shape index (κ2) is 5.23. The molecule has 0 radical (unpaired) electrons. The Morgan fingerprint density at radius 3 is 2.56 bits per heavy atom. The number of hydrogen-bond acceptors (Lipinski definition) is 2. The van der Waals surface area contributed by atoms with Crippen LogP contribution < -0.4 is 0 Å². The second-order valence-electron chi connectivity index (χ2n) is 3.64. The van der Waals surface area contributed by atoms with Crippen LogP contribution in [0.3, 0.4) is 0 Å². The van der Waals surface area contributed by atoms with Gasteiger partial charge in [0.05, 0.1) is 5.69 Å². The number of aldehydes is 1. The van der Waals surface area contributed by atoms with Gasteiger partial charge in [-0.1, -0.05) is 12.1 Å². The average Bonchev–Trinajstić information content (AvgIpc) is 2.86. The van der Waals surface area contributed by atoms with Crippen molar-refractivity contribution < 1.29 is 14.0 Å². The van der Waals surface area contributed by atoms with E-state index in [1.807, 2.05) is 0 Å². The molecule has 1 aromatic carbocycles. The molecule has 0 amide bonds. The summed E-state index contributed by atoms with van der Waals surface area (Å²) in [6, 6.07) is 8.93. The molecule has 0 N–H and O–H groups in total. The highest BCUT2D eigenvalue weighted by molar-refractivity contribution is 5.96. The van der Waals surface area contributed by atoms with Crippen LogP contribution in [-0.2, 0) is 0 Å². The lowest BCUT2D eigenvalue weighted by Gasteiger charge is -1.98. The molecule has 90 valence electrons. The number of rotatable bonds is 3. The van der Waals surface area contributed by atoms with E-state index < -0.39 is 0 Å². The summed E-state index contributed by atoms with van der Waals surface area (Å²) in [5, 5.41) is 0. The quantitative estimate of drug-likeness (QED) is 0.614. The third kappa shape index (κ3) is 2.60. The summed E-state index contributed by atoms with van der Waals surface area (Å²) in [6.07, 6.45) is 5.03. The lowest BCUT2D eigenvalue weighted by Crippen LogP contribution is -2.08. The van der Waals surface area contributed by atoms with E-state index in [2.05, 4.69) is 0 Å². The first-order valence-electron chi connectivity index (χ1n) is 5.31. The van der Waals surface area contributed by atoms with Crippen LogP contribution >= 0.6 is 0 Å². The maximum absolute atomic E-state index is 12.7. The Hall–Kier alpha value is -2.49. The molecule has 1 aromatic heterocycles. The van der Waals surface area contributed by atoms with Crippen molar-refractivity contribution in [1.82, 2.24) is 4.57 Å². The standard InChI is InChI=1S/C14H10FNO2/c15-12-6-3-11(4-7-12)5-8-14(18)16-9-1-2-13(16)10-17/h1-10H/b8-5+. The largest absolute Gasteiger partial charge is 0.296 e. The summed E-state index contributed by atoms with van der Waals surface area (Å²) in [5.74, 6) is -0.654. The van der Waals surface area contributed by atoms with Gasteiger partial charge in [-0.15, -0.1) is 0 Å². The molecule has 0 spiro atoms. The van der Waals surface area contributed by atoms with Crippen LogP contribution in [0.25, 0.3) is 6.08 Å². The summed E-state index contributed by atoms with van der Waals surface area (Å²) < 4.78 is 13.9. The van der Waals surface area contributed by atoms with Crippen LogP contribution in [0.15, 0.2) is 48.7 Å². The van der Waals surface area contributed by atoms with E-state index in [-0.39, 0.29) is 11.7 Å². The minimum Gasteiger partial charge on any atom is -0.296 e. The van der Waals surface area contributed by atoms with Gasteiger partial charge in [-0.05, 0) is 35.9 Å². The molecule has 2 aromatic rings. The molecule has 3 nitrogen and oxygen atoms in total. The third-order valence-electron chi connectivity index (χ3n) is 2.43. The Kier molecular flexibility index (Phi) is 3.48. The van der Waals surface area contributed by atoms with Crippen molar-refractivity contribution in [3.8, 4) is 0 Å². The monoisotopic (exact) mass is 243 g/mol. The minimum atomic E-state index is -0.327.